The van der Waals surface area contributed by atoms with Crippen LogP contribution in [0.2, 0.25) is 0 Å². The summed E-state index contributed by atoms with van der Waals surface area (Å²) in [6, 6.07) is 9.34. The van der Waals surface area contributed by atoms with Crippen LogP contribution < -0.4 is 0 Å². The van der Waals surface area contributed by atoms with Crippen molar-refractivity contribution in [1.82, 2.24) is 0 Å². The first-order chi connectivity index (χ1) is 11.3. The maximum absolute atomic E-state index is 11.8. The predicted octanol–water partition coefficient (Wildman–Crippen LogP) is 4.00. The number of ketones is 1. The van der Waals surface area contributed by atoms with Crippen molar-refractivity contribution in [2.24, 2.45) is 5.92 Å². The summed E-state index contributed by atoms with van der Waals surface area (Å²) in [7, 11) is 0. The fraction of sp³-hybridized carbons (Fsp3) is 0.118. The van der Waals surface area contributed by atoms with E-state index < -0.39 is 12.3 Å². The van der Waals surface area contributed by atoms with Crippen LogP contribution in [0.1, 0.15) is 16.8 Å². The molecule has 0 aromatic heterocycles. The van der Waals surface area contributed by atoms with Crippen LogP contribution in [-0.4, -0.2) is 38.5 Å². The molecule has 1 aromatic rings. The summed E-state index contributed by atoms with van der Waals surface area (Å²) in [5, 5.41) is 27.9. The SMILES string of the molecule is O=C(C=CC1C=CC=CC1)c1ccccc1.O=C(O)O.O=C(O)O. The first-order valence-electron chi connectivity index (χ1n) is 6.77. The van der Waals surface area contributed by atoms with E-state index in [0.29, 0.717) is 5.92 Å². The van der Waals surface area contributed by atoms with Crippen molar-refractivity contribution < 1.29 is 34.8 Å². The normalized spacial score (nSPS) is 14.8. The number of carbonyl (C=O) groups is 3. The summed E-state index contributed by atoms with van der Waals surface area (Å²) in [6.45, 7) is 0. The zero-order chi connectivity index (χ0) is 18.4. The number of carbonyl (C=O) groups excluding carboxylic acids is 1. The Hall–Kier alpha value is -3.35. The van der Waals surface area contributed by atoms with Gasteiger partial charge >= 0.3 is 12.3 Å². The second-order valence-electron chi connectivity index (χ2n) is 4.37. The Kier molecular flexibility index (Phi) is 10.5. The Morgan fingerprint density at radius 3 is 1.92 bits per heavy atom. The van der Waals surface area contributed by atoms with Crippen molar-refractivity contribution in [3.63, 3.8) is 0 Å². The third kappa shape index (κ3) is 12.4. The van der Waals surface area contributed by atoms with E-state index in [-0.39, 0.29) is 5.78 Å². The second kappa shape index (κ2) is 12.2. The molecule has 0 radical (unpaired) electrons. The molecule has 2 rings (SSSR count). The molecule has 0 saturated heterocycles. The van der Waals surface area contributed by atoms with E-state index in [1.54, 1.807) is 6.08 Å². The first kappa shape index (κ1) is 20.6. The van der Waals surface area contributed by atoms with Crippen LogP contribution in [0.15, 0.2) is 66.8 Å². The van der Waals surface area contributed by atoms with Crippen LogP contribution >= 0.6 is 0 Å². The summed E-state index contributed by atoms with van der Waals surface area (Å²) < 4.78 is 0. The van der Waals surface area contributed by atoms with Crippen LogP contribution in [0.5, 0.6) is 0 Å². The van der Waals surface area contributed by atoms with Gasteiger partial charge < -0.3 is 20.4 Å². The number of rotatable bonds is 3. The van der Waals surface area contributed by atoms with Gasteiger partial charge in [-0.25, -0.2) is 9.59 Å². The smallest absolute Gasteiger partial charge is 0.450 e. The van der Waals surface area contributed by atoms with E-state index in [1.807, 2.05) is 48.6 Å². The Morgan fingerprint density at radius 2 is 1.46 bits per heavy atom. The molecule has 0 heterocycles. The minimum Gasteiger partial charge on any atom is -0.450 e. The molecule has 7 nitrogen and oxygen atoms in total. The number of hydrogen-bond donors (Lipinski definition) is 4. The Bertz CT molecular complexity index is 595. The monoisotopic (exact) mass is 334 g/mol. The molecule has 0 bridgehead atoms. The van der Waals surface area contributed by atoms with Gasteiger partial charge in [-0.2, -0.15) is 0 Å². The van der Waals surface area contributed by atoms with Gasteiger partial charge in [0.2, 0.25) is 0 Å². The maximum atomic E-state index is 11.8. The second-order valence-corrected chi connectivity index (χ2v) is 4.37. The molecule has 4 N–H and O–H groups in total. The van der Waals surface area contributed by atoms with Crippen molar-refractivity contribution in [1.29, 1.82) is 0 Å². The van der Waals surface area contributed by atoms with Crippen LogP contribution in [0, 0.1) is 5.92 Å². The molecule has 1 aliphatic carbocycles. The van der Waals surface area contributed by atoms with Crippen molar-refractivity contribution in [2.75, 3.05) is 0 Å². The van der Waals surface area contributed by atoms with E-state index in [4.69, 9.17) is 30.0 Å². The number of benzene rings is 1. The zero-order valence-electron chi connectivity index (χ0n) is 12.6. The average Bonchev–Trinajstić information content (AvgIpc) is 2.53. The molecule has 1 aliphatic rings. The third-order valence-electron chi connectivity index (χ3n) is 2.57. The van der Waals surface area contributed by atoms with E-state index in [9.17, 15) is 4.79 Å². The largest absolute Gasteiger partial charge is 0.503 e. The minimum absolute atomic E-state index is 0.0727. The summed E-state index contributed by atoms with van der Waals surface area (Å²) in [6.07, 6.45) is 9.22. The van der Waals surface area contributed by atoms with Crippen molar-refractivity contribution in [2.45, 2.75) is 6.42 Å². The number of carboxylic acid groups (broad SMARTS) is 4. The molecule has 1 aromatic carbocycles. The summed E-state index contributed by atoms with van der Waals surface area (Å²) >= 11 is 0. The lowest BCUT2D eigenvalue weighted by Crippen LogP contribution is -1.97. The lowest BCUT2D eigenvalue weighted by atomic mass is 9.99. The van der Waals surface area contributed by atoms with Crippen LogP contribution in [0.3, 0.4) is 0 Å². The first-order valence-corrected chi connectivity index (χ1v) is 6.77. The summed E-state index contributed by atoms with van der Waals surface area (Å²) in [4.78, 5) is 28.9. The summed E-state index contributed by atoms with van der Waals surface area (Å²) in [5.74, 6) is 0.432. The molecular weight excluding hydrogens is 316 g/mol. The molecule has 0 saturated carbocycles. The molecule has 7 heteroatoms. The minimum atomic E-state index is -1.83. The molecule has 0 amide bonds. The van der Waals surface area contributed by atoms with Gasteiger partial charge in [0.25, 0.3) is 0 Å². The van der Waals surface area contributed by atoms with Gasteiger partial charge in [0.15, 0.2) is 5.78 Å². The van der Waals surface area contributed by atoms with Gasteiger partial charge in [-0.1, -0.05) is 60.7 Å². The molecule has 0 aliphatic heterocycles. The van der Waals surface area contributed by atoms with Crippen LogP contribution in [-0.2, 0) is 0 Å². The van der Waals surface area contributed by atoms with Gasteiger partial charge in [0.1, 0.15) is 0 Å². The quantitative estimate of drug-likeness (QED) is 0.485. The standard InChI is InChI=1S/C15H14O.2CH2O3/c16-15(14-9-5-2-6-10-14)12-11-13-7-3-1-4-8-13;2*2-1(3)4/h1-7,9-13H,8H2;2*(H2,2,3,4). The molecule has 1 unspecified atom stereocenters. The summed E-state index contributed by atoms with van der Waals surface area (Å²) in [5.41, 5.74) is 0.745. The topological polar surface area (TPSA) is 132 Å². The van der Waals surface area contributed by atoms with Crippen molar-refractivity contribution >= 4 is 18.1 Å². The molecule has 1 atom stereocenters. The fourth-order valence-corrected chi connectivity index (χ4v) is 1.65. The van der Waals surface area contributed by atoms with Gasteiger partial charge in [0.05, 0.1) is 0 Å². The highest BCUT2D eigenvalue weighted by molar-refractivity contribution is 6.04. The molecular formula is C17H18O7. The van der Waals surface area contributed by atoms with Gasteiger partial charge in [0, 0.05) is 5.56 Å². The zero-order valence-corrected chi connectivity index (χ0v) is 12.6. The third-order valence-corrected chi connectivity index (χ3v) is 2.57. The average molecular weight is 334 g/mol. The van der Waals surface area contributed by atoms with Crippen molar-refractivity contribution in [3.05, 3.63) is 72.4 Å². The van der Waals surface area contributed by atoms with E-state index in [0.717, 1.165) is 12.0 Å². The predicted molar refractivity (Wildman–Crippen MR) is 87.6 cm³/mol. The molecule has 24 heavy (non-hydrogen) atoms. The van der Waals surface area contributed by atoms with Gasteiger partial charge in [-0.15, -0.1) is 0 Å². The highest BCUT2D eigenvalue weighted by Gasteiger charge is 2.03. The van der Waals surface area contributed by atoms with Gasteiger partial charge in [-0.3, -0.25) is 4.79 Å². The highest BCUT2D eigenvalue weighted by atomic mass is 16.6. The lowest BCUT2D eigenvalue weighted by Gasteiger charge is -2.06. The lowest BCUT2D eigenvalue weighted by molar-refractivity contribution is 0.104. The molecule has 0 spiro atoms. The van der Waals surface area contributed by atoms with E-state index in [2.05, 4.69) is 12.2 Å². The van der Waals surface area contributed by atoms with E-state index in [1.165, 1.54) is 0 Å². The van der Waals surface area contributed by atoms with Gasteiger partial charge in [-0.05, 0) is 18.4 Å². The Morgan fingerprint density at radius 1 is 0.917 bits per heavy atom. The fourth-order valence-electron chi connectivity index (χ4n) is 1.65. The maximum Gasteiger partial charge on any atom is 0.503 e. The highest BCUT2D eigenvalue weighted by Crippen LogP contribution is 2.13. The molecule has 128 valence electrons. The number of hydrogen-bond acceptors (Lipinski definition) is 3. The van der Waals surface area contributed by atoms with Crippen LogP contribution in [0.25, 0.3) is 0 Å². The molecule has 0 fully saturated rings. The van der Waals surface area contributed by atoms with Crippen molar-refractivity contribution in [3.8, 4) is 0 Å². The Balaban J connectivity index is 0.000000558. The van der Waals surface area contributed by atoms with E-state index >= 15 is 0 Å². The number of allylic oxidation sites excluding steroid dienone is 6. The Labute approximate surface area is 138 Å². The van der Waals surface area contributed by atoms with Crippen LogP contribution in [0.4, 0.5) is 9.59 Å².